The Hall–Kier alpha value is -0.780. The number of rotatable bonds is 6. The molecule has 19 heavy (non-hydrogen) atoms. The van der Waals surface area contributed by atoms with Crippen molar-refractivity contribution in [3.63, 3.8) is 0 Å². The van der Waals surface area contributed by atoms with E-state index >= 15 is 0 Å². The number of methoxy groups -OCH3 is 1. The van der Waals surface area contributed by atoms with Gasteiger partial charge in [-0.1, -0.05) is 6.92 Å². The van der Waals surface area contributed by atoms with Crippen molar-refractivity contribution in [1.29, 1.82) is 0 Å². The molecule has 1 aromatic rings. The van der Waals surface area contributed by atoms with Crippen LogP contribution in [0.3, 0.4) is 0 Å². The van der Waals surface area contributed by atoms with Gasteiger partial charge in [0.05, 0.1) is 11.1 Å². The summed E-state index contributed by atoms with van der Waals surface area (Å²) in [6.45, 7) is 4.88. The molecular weight excluding hydrogens is 310 g/mol. The second-order valence-electron chi connectivity index (χ2n) is 4.54. The Kier molecular flexibility index (Phi) is 5.48. The van der Waals surface area contributed by atoms with Crippen LogP contribution in [0.15, 0.2) is 16.6 Å². The second-order valence-corrected chi connectivity index (χ2v) is 5.40. The molecule has 1 aromatic carbocycles. The minimum atomic E-state index is 0.372. The average molecular weight is 330 g/mol. The molecule has 0 saturated heterocycles. The van der Waals surface area contributed by atoms with Gasteiger partial charge in [-0.05, 0) is 40.0 Å². The average Bonchev–Trinajstić information content (AvgIpc) is 2.43. The normalized spacial score (nSPS) is 15.3. The van der Waals surface area contributed by atoms with Crippen LogP contribution in [0.5, 0.6) is 11.5 Å². The van der Waals surface area contributed by atoms with Crippen LogP contribution < -0.4 is 14.8 Å². The SMILES string of the molecule is CCC(COC)NCc1cc(Br)c2c(c1)OCCO2. The third-order valence-corrected chi connectivity index (χ3v) is 3.70. The third-order valence-electron chi connectivity index (χ3n) is 3.11. The van der Waals surface area contributed by atoms with E-state index in [2.05, 4.69) is 34.2 Å². The molecule has 106 valence electrons. The highest BCUT2D eigenvalue weighted by Crippen LogP contribution is 2.38. The summed E-state index contributed by atoms with van der Waals surface area (Å²) in [4.78, 5) is 0. The van der Waals surface area contributed by atoms with Crippen LogP contribution in [-0.2, 0) is 11.3 Å². The van der Waals surface area contributed by atoms with E-state index < -0.39 is 0 Å². The predicted octanol–water partition coefficient (Wildman–Crippen LogP) is 2.73. The number of halogens is 1. The minimum absolute atomic E-state index is 0.372. The monoisotopic (exact) mass is 329 g/mol. The van der Waals surface area contributed by atoms with Crippen molar-refractivity contribution in [2.45, 2.75) is 25.9 Å². The first-order chi connectivity index (χ1) is 9.24. The van der Waals surface area contributed by atoms with Crippen LogP contribution >= 0.6 is 15.9 Å². The summed E-state index contributed by atoms with van der Waals surface area (Å²) in [6, 6.07) is 4.48. The van der Waals surface area contributed by atoms with Crippen molar-refractivity contribution < 1.29 is 14.2 Å². The topological polar surface area (TPSA) is 39.7 Å². The van der Waals surface area contributed by atoms with Crippen molar-refractivity contribution in [2.75, 3.05) is 26.9 Å². The van der Waals surface area contributed by atoms with Gasteiger partial charge in [-0.15, -0.1) is 0 Å². The largest absolute Gasteiger partial charge is 0.486 e. The molecule has 0 aromatic heterocycles. The van der Waals surface area contributed by atoms with Gasteiger partial charge in [0.25, 0.3) is 0 Å². The summed E-state index contributed by atoms with van der Waals surface area (Å²) in [6.07, 6.45) is 1.04. The highest BCUT2D eigenvalue weighted by molar-refractivity contribution is 9.10. The molecule has 0 spiro atoms. The van der Waals surface area contributed by atoms with Crippen molar-refractivity contribution in [2.24, 2.45) is 0 Å². The molecule has 5 heteroatoms. The minimum Gasteiger partial charge on any atom is -0.486 e. The summed E-state index contributed by atoms with van der Waals surface area (Å²) in [5.41, 5.74) is 1.17. The first-order valence-corrected chi connectivity index (χ1v) is 7.34. The zero-order valence-corrected chi connectivity index (χ0v) is 13.0. The van der Waals surface area contributed by atoms with Crippen molar-refractivity contribution in [3.05, 3.63) is 22.2 Å². The fraction of sp³-hybridized carbons (Fsp3) is 0.571. The van der Waals surface area contributed by atoms with Gasteiger partial charge < -0.3 is 19.5 Å². The van der Waals surface area contributed by atoms with Crippen LogP contribution in [0.4, 0.5) is 0 Å². The molecule has 1 atom stereocenters. The Bertz CT molecular complexity index is 425. The molecule has 1 unspecified atom stereocenters. The number of benzene rings is 1. The Morgan fingerprint density at radius 1 is 1.37 bits per heavy atom. The summed E-state index contributed by atoms with van der Waals surface area (Å²) >= 11 is 3.53. The fourth-order valence-corrected chi connectivity index (χ4v) is 2.65. The smallest absolute Gasteiger partial charge is 0.175 e. The predicted molar refractivity (Wildman–Crippen MR) is 77.9 cm³/mol. The molecule has 2 rings (SSSR count). The summed E-state index contributed by atoms with van der Waals surface area (Å²) in [5.74, 6) is 1.62. The molecule has 1 heterocycles. The van der Waals surface area contributed by atoms with Crippen LogP contribution in [0.1, 0.15) is 18.9 Å². The van der Waals surface area contributed by atoms with Gasteiger partial charge in [-0.3, -0.25) is 0 Å². The zero-order valence-electron chi connectivity index (χ0n) is 11.4. The van der Waals surface area contributed by atoms with Crippen LogP contribution in [0.2, 0.25) is 0 Å². The second kappa shape index (κ2) is 7.12. The first kappa shape index (κ1) is 14.6. The van der Waals surface area contributed by atoms with E-state index in [1.54, 1.807) is 7.11 Å². The molecule has 1 aliphatic heterocycles. The number of fused-ring (bicyclic) bond motifs is 1. The van der Waals surface area contributed by atoms with Crippen molar-refractivity contribution >= 4 is 15.9 Å². The molecular formula is C14H20BrNO3. The van der Waals surface area contributed by atoms with E-state index in [1.807, 2.05) is 6.07 Å². The van der Waals surface area contributed by atoms with E-state index in [0.717, 1.165) is 35.5 Å². The Labute approximate surface area is 122 Å². The molecule has 1 aliphatic rings. The van der Waals surface area contributed by atoms with Gasteiger partial charge >= 0.3 is 0 Å². The highest BCUT2D eigenvalue weighted by Gasteiger charge is 2.16. The molecule has 0 radical (unpaired) electrons. The summed E-state index contributed by atoms with van der Waals surface area (Å²) < 4.78 is 17.3. The Morgan fingerprint density at radius 3 is 2.89 bits per heavy atom. The van der Waals surface area contributed by atoms with Gasteiger partial charge in [-0.25, -0.2) is 0 Å². The quantitative estimate of drug-likeness (QED) is 0.871. The lowest BCUT2D eigenvalue weighted by molar-refractivity contribution is 0.163. The summed E-state index contributed by atoms with van der Waals surface area (Å²) in [5, 5.41) is 3.48. The number of nitrogens with one attached hydrogen (secondary N) is 1. The van der Waals surface area contributed by atoms with Gasteiger partial charge in [0, 0.05) is 19.7 Å². The molecule has 4 nitrogen and oxygen atoms in total. The lowest BCUT2D eigenvalue weighted by Gasteiger charge is -2.21. The number of ether oxygens (including phenoxy) is 3. The molecule has 0 fully saturated rings. The Balaban J connectivity index is 2.02. The van der Waals surface area contributed by atoms with Gasteiger partial charge in [0.15, 0.2) is 11.5 Å². The van der Waals surface area contributed by atoms with E-state index in [-0.39, 0.29) is 0 Å². The van der Waals surface area contributed by atoms with E-state index in [1.165, 1.54) is 5.56 Å². The molecule has 0 bridgehead atoms. The van der Waals surface area contributed by atoms with E-state index in [0.29, 0.717) is 19.3 Å². The highest BCUT2D eigenvalue weighted by atomic mass is 79.9. The van der Waals surface area contributed by atoms with Gasteiger partial charge in [0.1, 0.15) is 13.2 Å². The molecule has 0 amide bonds. The third kappa shape index (κ3) is 3.84. The van der Waals surface area contributed by atoms with Gasteiger partial charge in [0.2, 0.25) is 0 Å². The Morgan fingerprint density at radius 2 is 2.16 bits per heavy atom. The van der Waals surface area contributed by atoms with E-state index in [9.17, 15) is 0 Å². The standard InChI is InChI=1S/C14H20BrNO3/c1-3-11(9-17-2)16-8-10-6-12(15)14-13(7-10)18-4-5-19-14/h6-7,11,16H,3-5,8-9H2,1-2H3. The van der Waals surface area contributed by atoms with Crippen LogP contribution in [0.25, 0.3) is 0 Å². The van der Waals surface area contributed by atoms with Gasteiger partial charge in [-0.2, -0.15) is 0 Å². The number of hydrogen-bond donors (Lipinski definition) is 1. The maximum Gasteiger partial charge on any atom is 0.175 e. The number of hydrogen-bond acceptors (Lipinski definition) is 4. The van der Waals surface area contributed by atoms with Crippen molar-refractivity contribution in [1.82, 2.24) is 5.32 Å². The lowest BCUT2D eigenvalue weighted by Crippen LogP contribution is -2.32. The zero-order chi connectivity index (χ0) is 13.7. The first-order valence-electron chi connectivity index (χ1n) is 6.55. The van der Waals surface area contributed by atoms with Crippen molar-refractivity contribution in [3.8, 4) is 11.5 Å². The lowest BCUT2D eigenvalue weighted by atomic mass is 10.1. The van der Waals surface area contributed by atoms with Crippen LogP contribution in [0, 0.1) is 0 Å². The summed E-state index contributed by atoms with van der Waals surface area (Å²) in [7, 11) is 1.73. The maximum absolute atomic E-state index is 5.62. The molecule has 0 saturated carbocycles. The maximum atomic E-state index is 5.62. The molecule has 0 aliphatic carbocycles. The van der Waals surface area contributed by atoms with Crippen LogP contribution in [-0.4, -0.2) is 33.0 Å². The molecule has 1 N–H and O–H groups in total. The fourth-order valence-electron chi connectivity index (χ4n) is 2.05. The van der Waals surface area contributed by atoms with E-state index in [4.69, 9.17) is 14.2 Å².